The van der Waals surface area contributed by atoms with Gasteiger partial charge in [-0.2, -0.15) is 0 Å². The Hall–Kier alpha value is -1.09. The molecule has 0 aliphatic heterocycles. The smallest absolute Gasteiger partial charge is 0.350 e. The van der Waals surface area contributed by atoms with Gasteiger partial charge in [0.25, 0.3) is 0 Å². The number of benzene rings is 1. The molecule has 1 aromatic carbocycles. The minimum Gasteiger partial charge on any atom is -0.422 e. The van der Waals surface area contributed by atoms with Crippen molar-refractivity contribution in [3.05, 3.63) is 45.2 Å². The van der Waals surface area contributed by atoms with E-state index in [9.17, 15) is 4.79 Å². The van der Waals surface area contributed by atoms with E-state index in [0.29, 0.717) is 10.1 Å². The Morgan fingerprint density at radius 2 is 2.33 bits per heavy atom. The van der Waals surface area contributed by atoms with Crippen molar-refractivity contribution in [3.8, 4) is 0 Å². The Bertz CT molecular complexity index is 473. The average Bonchev–Trinajstić information content (AvgIpc) is 2.07. The summed E-state index contributed by atoms with van der Waals surface area (Å²) in [6.45, 7) is 0. The third-order valence-electron chi connectivity index (χ3n) is 1.53. The van der Waals surface area contributed by atoms with E-state index in [-0.39, 0.29) is 5.63 Å². The molecular formula is C9H4BrO2. The maximum atomic E-state index is 11.0. The molecule has 2 aromatic rings. The molecule has 0 amide bonds. The van der Waals surface area contributed by atoms with Gasteiger partial charge in [-0.15, -0.1) is 0 Å². The Morgan fingerprint density at radius 3 is 3.17 bits per heavy atom. The standard InChI is InChI=1S/C9H4BrO2/c10-7-5-6-3-1-2-4-8(6)12-9(7)11/h2-5H. The summed E-state index contributed by atoms with van der Waals surface area (Å²) in [4.78, 5) is 11.0. The summed E-state index contributed by atoms with van der Waals surface area (Å²) in [6.07, 6.45) is 0. The quantitative estimate of drug-likeness (QED) is 0.643. The van der Waals surface area contributed by atoms with Gasteiger partial charge in [0.1, 0.15) is 10.1 Å². The molecule has 2 nitrogen and oxygen atoms in total. The first-order valence-electron chi connectivity index (χ1n) is 3.37. The predicted molar refractivity (Wildman–Crippen MR) is 49.0 cm³/mol. The molecule has 0 bridgehead atoms. The van der Waals surface area contributed by atoms with Crippen molar-refractivity contribution < 1.29 is 4.42 Å². The first kappa shape index (κ1) is 7.55. The lowest BCUT2D eigenvalue weighted by molar-refractivity contribution is 0.556. The van der Waals surface area contributed by atoms with Gasteiger partial charge < -0.3 is 4.42 Å². The van der Waals surface area contributed by atoms with Crippen LogP contribution in [0.2, 0.25) is 0 Å². The van der Waals surface area contributed by atoms with Crippen LogP contribution in [0.25, 0.3) is 11.0 Å². The van der Waals surface area contributed by atoms with Gasteiger partial charge in [-0.25, -0.2) is 4.79 Å². The molecule has 12 heavy (non-hydrogen) atoms. The summed E-state index contributed by atoms with van der Waals surface area (Å²) in [6, 6.07) is 9.80. The van der Waals surface area contributed by atoms with E-state index in [1.807, 2.05) is 0 Å². The van der Waals surface area contributed by atoms with Crippen LogP contribution in [0.1, 0.15) is 0 Å². The van der Waals surface area contributed by atoms with Crippen LogP contribution in [0.4, 0.5) is 0 Å². The van der Waals surface area contributed by atoms with Crippen molar-refractivity contribution in [2.45, 2.75) is 0 Å². The number of rotatable bonds is 0. The minimum absolute atomic E-state index is 0.353. The molecule has 0 fully saturated rings. The fraction of sp³-hybridized carbons (Fsp3) is 0. The Labute approximate surface area is 76.9 Å². The summed E-state index contributed by atoms with van der Waals surface area (Å²) in [5.74, 6) is 0. The lowest BCUT2D eigenvalue weighted by atomic mass is 10.2. The van der Waals surface area contributed by atoms with Gasteiger partial charge in [-0.05, 0) is 40.2 Å². The Balaban J connectivity index is 2.93. The van der Waals surface area contributed by atoms with Gasteiger partial charge >= 0.3 is 5.63 Å². The zero-order valence-electron chi connectivity index (χ0n) is 6.00. The molecule has 1 radical (unpaired) electrons. The van der Waals surface area contributed by atoms with E-state index in [1.54, 1.807) is 24.3 Å². The predicted octanol–water partition coefficient (Wildman–Crippen LogP) is 2.36. The zero-order chi connectivity index (χ0) is 8.55. The SMILES string of the molecule is O=c1oc2cc[c]cc2cc1Br. The minimum atomic E-state index is -0.353. The molecule has 2 rings (SSSR count). The molecule has 0 unspecified atom stereocenters. The number of hydrogen-bond acceptors (Lipinski definition) is 2. The third kappa shape index (κ3) is 1.16. The zero-order valence-corrected chi connectivity index (χ0v) is 7.59. The van der Waals surface area contributed by atoms with Crippen LogP contribution in [0.3, 0.4) is 0 Å². The monoisotopic (exact) mass is 223 g/mol. The first-order valence-corrected chi connectivity index (χ1v) is 4.16. The van der Waals surface area contributed by atoms with Crippen LogP contribution in [0.15, 0.2) is 37.9 Å². The van der Waals surface area contributed by atoms with Crippen molar-refractivity contribution in [2.24, 2.45) is 0 Å². The lowest BCUT2D eigenvalue weighted by Gasteiger charge is -1.94. The van der Waals surface area contributed by atoms with Gasteiger partial charge in [0, 0.05) is 5.39 Å². The van der Waals surface area contributed by atoms with Crippen molar-refractivity contribution in [1.29, 1.82) is 0 Å². The maximum Gasteiger partial charge on any atom is 0.350 e. The van der Waals surface area contributed by atoms with Gasteiger partial charge in [-0.1, -0.05) is 6.07 Å². The summed E-state index contributed by atoms with van der Waals surface area (Å²) in [7, 11) is 0. The highest BCUT2D eigenvalue weighted by molar-refractivity contribution is 9.10. The molecule has 0 saturated heterocycles. The van der Waals surface area contributed by atoms with E-state index in [0.717, 1.165) is 5.39 Å². The molecule has 59 valence electrons. The van der Waals surface area contributed by atoms with Crippen LogP contribution in [-0.2, 0) is 0 Å². The number of hydrogen-bond donors (Lipinski definition) is 0. The largest absolute Gasteiger partial charge is 0.422 e. The number of halogens is 1. The molecule has 0 atom stereocenters. The fourth-order valence-electron chi connectivity index (χ4n) is 0.979. The first-order chi connectivity index (χ1) is 5.77. The summed E-state index contributed by atoms with van der Waals surface area (Å²) < 4.78 is 5.41. The molecule has 0 aliphatic carbocycles. The van der Waals surface area contributed by atoms with Crippen molar-refractivity contribution in [1.82, 2.24) is 0 Å². The summed E-state index contributed by atoms with van der Waals surface area (Å²) in [5.41, 5.74) is 0.232. The Kier molecular flexibility index (Phi) is 1.73. The van der Waals surface area contributed by atoms with Crippen molar-refractivity contribution in [2.75, 3.05) is 0 Å². The van der Waals surface area contributed by atoms with Gasteiger partial charge in [0.15, 0.2) is 0 Å². The molecule has 0 N–H and O–H groups in total. The molecule has 0 spiro atoms. The second-order valence-electron chi connectivity index (χ2n) is 2.35. The molecule has 1 aromatic heterocycles. The highest BCUT2D eigenvalue weighted by Crippen LogP contribution is 2.14. The van der Waals surface area contributed by atoms with Crippen LogP contribution in [0, 0.1) is 6.07 Å². The third-order valence-corrected chi connectivity index (χ3v) is 2.09. The van der Waals surface area contributed by atoms with Crippen LogP contribution in [0.5, 0.6) is 0 Å². The van der Waals surface area contributed by atoms with E-state index >= 15 is 0 Å². The van der Waals surface area contributed by atoms with E-state index in [4.69, 9.17) is 4.42 Å². The van der Waals surface area contributed by atoms with E-state index in [2.05, 4.69) is 22.0 Å². The summed E-state index contributed by atoms with van der Waals surface area (Å²) >= 11 is 3.10. The topological polar surface area (TPSA) is 30.2 Å². The molecule has 3 heteroatoms. The van der Waals surface area contributed by atoms with Crippen LogP contribution < -0.4 is 5.63 Å². The highest BCUT2D eigenvalue weighted by atomic mass is 79.9. The second kappa shape index (κ2) is 2.75. The van der Waals surface area contributed by atoms with Crippen LogP contribution in [-0.4, -0.2) is 0 Å². The molecular weight excluding hydrogens is 220 g/mol. The van der Waals surface area contributed by atoms with Gasteiger partial charge in [-0.3, -0.25) is 0 Å². The Morgan fingerprint density at radius 1 is 1.50 bits per heavy atom. The molecule has 0 aliphatic rings. The number of fused-ring (bicyclic) bond motifs is 1. The molecule has 1 heterocycles. The normalized spacial score (nSPS) is 10.4. The highest BCUT2D eigenvalue weighted by Gasteiger charge is 1.99. The molecule has 0 saturated carbocycles. The second-order valence-corrected chi connectivity index (χ2v) is 3.20. The van der Waals surface area contributed by atoms with E-state index < -0.39 is 0 Å². The lowest BCUT2D eigenvalue weighted by Crippen LogP contribution is -1.97. The van der Waals surface area contributed by atoms with Crippen molar-refractivity contribution >= 4 is 26.9 Å². The fourth-order valence-corrected chi connectivity index (χ4v) is 1.31. The van der Waals surface area contributed by atoms with Gasteiger partial charge in [0.05, 0.1) is 0 Å². The van der Waals surface area contributed by atoms with Crippen LogP contribution >= 0.6 is 15.9 Å². The maximum absolute atomic E-state index is 11.0. The van der Waals surface area contributed by atoms with E-state index in [1.165, 1.54) is 0 Å². The van der Waals surface area contributed by atoms with Gasteiger partial charge in [0.2, 0.25) is 0 Å². The van der Waals surface area contributed by atoms with Crippen molar-refractivity contribution in [3.63, 3.8) is 0 Å². The summed E-state index contributed by atoms with van der Waals surface area (Å²) in [5, 5.41) is 0.865. The average molecular weight is 224 g/mol.